The Bertz CT molecular complexity index is 471. The van der Waals surface area contributed by atoms with Crippen molar-refractivity contribution in [1.29, 1.82) is 0 Å². The molecule has 4 heteroatoms. The number of piperazine rings is 1. The molecule has 1 aliphatic heterocycles. The standard InChI is InChI=1S/C17H28FN3/c1-13(19)12-14-6-5-7-15(18)16(14)20-8-10-21(11-9-20)17(2,3)4/h5-7,13H,8-12,19H2,1-4H3. The van der Waals surface area contributed by atoms with Gasteiger partial charge >= 0.3 is 0 Å². The highest BCUT2D eigenvalue weighted by atomic mass is 19.1. The van der Waals surface area contributed by atoms with Crippen molar-refractivity contribution in [2.24, 2.45) is 5.73 Å². The lowest BCUT2D eigenvalue weighted by atomic mass is 10.0. The molecule has 1 aromatic rings. The van der Waals surface area contributed by atoms with E-state index >= 15 is 0 Å². The molecule has 2 N–H and O–H groups in total. The summed E-state index contributed by atoms with van der Waals surface area (Å²) in [6.07, 6.45) is 0.715. The van der Waals surface area contributed by atoms with Crippen molar-refractivity contribution in [3.05, 3.63) is 29.6 Å². The molecule has 0 spiro atoms. The van der Waals surface area contributed by atoms with Crippen LogP contribution < -0.4 is 10.6 Å². The smallest absolute Gasteiger partial charge is 0.146 e. The summed E-state index contributed by atoms with van der Waals surface area (Å²) < 4.78 is 14.3. The van der Waals surface area contributed by atoms with Gasteiger partial charge in [-0.2, -0.15) is 0 Å². The lowest BCUT2D eigenvalue weighted by Crippen LogP contribution is -2.53. The summed E-state index contributed by atoms with van der Waals surface area (Å²) >= 11 is 0. The number of anilines is 1. The van der Waals surface area contributed by atoms with Crippen molar-refractivity contribution in [2.45, 2.75) is 45.7 Å². The molecule has 0 aromatic heterocycles. The first-order valence-electron chi connectivity index (χ1n) is 7.82. The minimum Gasteiger partial charge on any atom is -0.366 e. The molecule has 1 heterocycles. The first kappa shape index (κ1) is 16.2. The number of hydrogen-bond donors (Lipinski definition) is 1. The van der Waals surface area contributed by atoms with E-state index in [1.54, 1.807) is 12.1 Å². The van der Waals surface area contributed by atoms with Crippen LogP contribution in [0.3, 0.4) is 0 Å². The van der Waals surface area contributed by atoms with Gasteiger partial charge in [-0.25, -0.2) is 4.39 Å². The van der Waals surface area contributed by atoms with Crippen LogP contribution in [-0.2, 0) is 6.42 Å². The van der Waals surface area contributed by atoms with E-state index in [0.29, 0.717) is 6.42 Å². The highest BCUT2D eigenvalue weighted by Gasteiger charge is 2.27. The maximum absolute atomic E-state index is 14.3. The van der Waals surface area contributed by atoms with E-state index in [4.69, 9.17) is 5.73 Å². The second-order valence-corrected chi connectivity index (χ2v) is 7.07. The summed E-state index contributed by atoms with van der Waals surface area (Å²) in [4.78, 5) is 4.63. The molecule has 1 unspecified atom stereocenters. The first-order valence-corrected chi connectivity index (χ1v) is 7.82. The van der Waals surface area contributed by atoms with Crippen molar-refractivity contribution >= 4 is 5.69 Å². The summed E-state index contributed by atoms with van der Waals surface area (Å²) in [5.74, 6) is -0.127. The number of benzene rings is 1. The highest BCUT2D eigenvalue weighted by Crippen LogP contribution is 2.28. The Labute approximate surface area is 127 Å². The van der Waals surface area contributed by atoms with E-state index in [-0.39, 0.29) is 17.4 Å². The number of para-hydroxylation sites is 1. The van der Waals surface area contributed by atoms with Gasteiger partial charge < -0.3 is 10.6 Å². The average molecular weight is 293 g/mol. The van der Waals surface area contributed by atoms with Crippen LogP contribution in [0, 0.1) is 5.82 Å². The van der Waals surface area contributed by atoms with Gasteiger partial charge in [0.05, 0.1) is 5.69 Å². The predicted octanol–water partition coefficient (Wildman–Crippen LogP) is 2.64. The maximum atomic E-state index is 14.3. The second-order valence-electron chi connectivity index (χ2n) is 7.07. The molecule has 2 rings (SSSR count). The largest absolute Gasteiger partial charge is 0.366 e. The lowest BCUT2D eigenvalue weighted by Gasteiger charge is -2.43. The number of nitrogens with zero attached hydrogens (tertiary/aromatic N) is 2. The molecule has 0 aliphatic carbocycles. The van der Waals surface area contributed by atoms with E-state index in [2.05, 4.69) is 30.6 Å². The van der Waals surface area contributed by atoms with Crippen LogP contribution >= 0.6 is 0 Å². The van der Waals surface area contributed by atoms with Gasteiger partial charge in [0.25, 0.3) is 0 Å². The zero-order chi connectivity index (χ0) is 15.6. The number of rotatable bonds is 3. The summed E-state index contributed by atoms with van der Waals surface area (Å²) in [7, 11) is 0. The average Bonchev–Trinajstić information content (AvgIpc) is 2.37. The van der Waals surface area contributed by atoms with Crippen molar-refractivity contribution in [3.63, 3.8) is 0 Å². The molecule has 1 fully saturated rings. The van der Waals surface area contributed by atoms with Crippen LogP contribution in [0.4, 0.5) is 10.1 Å². The fraction of sp³-hybridized carbons (Fsp3) is 0.647. The molecule has 0 bridgehead atoms. The van der Waals surface area contributed by atoms with Crippen LogP contribution in [-0.4, -0.2) is 42.7 Å². The Hall–Kier alpha value is -1.13. The molecular formula is C17H28FN3. The maximum Gasteiger partial charge on any atom is 0.146 e. The van der Waals surface area contributed by atoms with Gasteiger partial charge in [0, 0.05) is 37.8 Å². The predicted molar refractivity (Wildman–Crippen MR) is 87.3 cm³/mol. The monoisotopic (exact) mass is 293 g/mol. The van der Waals surface area contributed by atoms with Crippen LogP contribution in [0.25, 0.3) is 0 Å². The second kappa shape index (κ2) is 6.32. The van der Waals surface area contributed by atoms with Crippen LogP contribution in [0.15, 0.2) is 18.2 Å². The van der Waals surface area contributed by atoms with Gasteiger partial charge in [0.1, 0.15) is 5.82 Å². The zero-order valence-electron chi connectivity index (χ0n) is 13.7. The van der Waals surface area contributed by atoms with Gasteiger partial charge in [0.15, 0.2) is 0 Å². The van der Waals surface area contributed by atoms with E-state index < -0.39 is 0 Å². The van der Waals surface area contributed by atoms with Crippen molar-refractivity contribution in [1.82, 2.24) is 4.90 Å². The Morgan fingerprint density at radius 2 is 1.81 bits per heavy atom. The van der Waals surface area contributed by atoms with E-state index in [0.717, 1.165) is 37.4 Å². The third-order valence-corrected chi connectivity index (χ3v) is 4.16. The van der Waals surface area contributed by atoms with Crippen molar-refractivity contribution in [2.75, 3.05) is 31.1 Å². The Kier molecular flexibility index (Phi) is 4.89. The minimum atomic E-state index is -0.127. The molecule has 3 nitrogen and oxygen atoms in total. The minimum absolute atomic E-state index is 0.0430. The van der Waals surface area contributed by atoms with Crippen molar-refractivity contribution < 1.29 is 4.39 Å². The van der Waals surface area contributed by atoms with Crippen molar-refractivity contribution in [3.8, 4) is 0 Å². The molecule has 21 heavy (non-hydrogen) atoms. The molecule has 1 aromatic carbocycles. The van der Waals surface area contributed by atoms with Gasteiger partial charge in [-0.1, -0.05) is 12.1 Å². The van der Waals surface area contributed by atoms with E-state index in [1.807, 2.05) is 13.0 Å². The van der Waals surface area contributed by atoms with Gasteiger partial charge in [0.2, 0.25) is 0 Å². The normalized spacial score (nSPS) is 18.9. The topological polar surface area (TPSA) is 32.5 Å². The SMILES string of the molecule is CC(N)Cc1cccc(F)c1N1CCN(C(C)(C)C)CC1. The number of hydrogen-bond acceptors (Lipinski definition) is 3. The molecule has 1 atom stereocenters. The lowest BCUT2D eigenvalue weighted by molar-refractivity contribution is 0.128. The molecule has 1 saturated heterocycles. The zero-order valence-corrected chi connectivity index (χ0v) is 13.7. The fourth-order valence-corrected chi connectivity index (χ4v) is 3.03. The molecule has 0 saturated carbocycles. The van der Waals surface area contributed by atoms with Gasteiger partial charge in [-0.15, -0.1) is 0 Å². The van der Waals surface area contributed by atoms with E-state index in [1.165, 1.54) is 0 Å². The number of nitrogens with two attached hydrogens (primary N) is 1. The Balaban J connectivity index is 2.16. The van der Waals surface area contributed by atoms with Gasteiger partial charge in [-0.3, -0.25) is 4.90 Å². The molecule has 118 valence electrons. The van der Waals surface area contributed by atoms with E-state index in [9.17, 15) is 4.39 Å². The van der Waals surface area contributed by atoms with Crippen LogP contribution in [0.5, 0.6) is 0 Å². The molecule has 0 radical (unpaired) electrons. The highest BCUT2D eigenvalue weighted by molar-refractivity contribution is 5.55. The van der Waals surface area contributed by atoms with Gasteiger partial charge in [-0.05, 0) is 45.7 Å². The Morgan fingerprint density at radius 1 is 1.19 bits per heavy atom. The molecular weight excluding hydrogens is 265 g/mol. The van der Waals surface area contributed by atoms with Crippen LogP contribution in [0.1, 0.15) is 33.3 Å². The Morgan fingerprint density at radius 3 is 2.33 bits per heavy atom. The molecule has 0 amide bonds. The summed E-state index contributed by atoms with van der Waals surface area (Å²) in [6.45, 7) is 12.3. The third kappa shape index (κ3) is 3.95. The quantitative estimate of drug-likeness (QED) is 0.930. The first-order chi connectivity index (χ1) is 9.79. The summed E-state index contributed by atoms with van der Waals surface area (Å²) in [6, 6.07) is 5.37. The molecule has 1 aliphatic rings. The summed E-state index contributed by atoms with van der Waals surface area (Å²) in [5.41, 5.74) is 7.85. The third-order valence-electron chi connectivity index (χ3n) is 4.16. The summed E-state index contributed by atoms with van der Waals surface area (Å²) in [5, 5.41) is 0. The van der Waals surface area contributed by atoms with Crippen LogP contribution in [0.2, 0.25) is 0 Å². The fourth-order valence-electron chi connectivity index (χ4n) is 3.03. The number of halogens is 1.